The van der Waals surface area contributed by atoms with Crippen LogP contribution in [0.3, 0.4) is 0 Å². The van der Waals surface area contributed by atoms with Crippen molar-refractivity contribution in [2.45, 2.75) is 66.0 Å². The summed E-state index contributed by atoms with van der Waals surface area (Å²) in [5.41, 5.74) is 4.12. The van der Waals surface area contributed by atoms with Gasteiger partial charge in [0.2, 0.25) is 5.95 Å². The first-order chi connectivity index (χ1) is 14.1. The number of carbonyl (C=O) groups is 1. The quantitative estimate of drug-likeness (QED) is 0.794. The molecule has 164 valence electrons. The van der Waals surface area contributed by atoms with Crippen molar-refractivity contribution in [2.75, 3.05) is 18.4 Å². The van der Waals surface area contributed by atoms with E-state index in [2.05, 4.69) is 46.2 Å². The SMILES string of the molecule is Cc1cc(CC2CCCN(Cc3cnc(NC(=O)OC(C)(C)C)n3C)C2)cc(C)n1. The van der Waals surface area contributed by atoms with E-state index in [0.717, 1.165) is 43.1 Å². The lowest BCUT2D eigenvalue weighted by Gasteiger charge is -2.33. The maximum absolute atomic E-state index is 12.0. The molecule has 1 aliphatic rings. The number of amides is 1. The standard InChI is InChI=1S/C23H35N5O2/c1-16-10-19(11-17(2)25-16)12-18-8-7-9-28(14-18)15-20-13-24-21(27(20)6)26-22(29)30-23(3,4)5/h10-11,13,18H,7-9,12,14-15H2,1-6H3,(H,24,26,29). The molecule has 1 amide bonds. The van der Waals surface area contributed by atoms with Crippen molar-refractivity contribution in [1.29, 1.82) is 0 Å². The molecule has 2 aromatic heterocycles. The Bertz CT molecular complexity index is 864. The predicted molar refractivity (Wildman–Crippen MR) is 118 cm³/mol. The van der Waals surface area contributed by atoms with Crippen LogP contribution >= 0.6 is 0 Å². The average Bonchev–Trinajstić information content (AvgIpc) is 2.93. The summed E-state index contributed by atoms with van der Waals surface area (Å²) in [5, 5.41) is 2.74. The number of imidazole rings is 1. The fraction of sp³-hybridized carbons (Fsp3) is 0.609. The Hall–Kier alpha value is -2.41. The van der Waals surface area contributed by atoms with E-state index in [0.29, 0.717) is 11.9 Å². The number of nitrogens with zero attached hydrogens (tertiary/aromatic N) is 4. The Morgan fingerprint density at radius 1 is 1.27 bits per heavy atom. The Morgan fingerprint density at radius 3 is 2.63 bits per heavy atom. The first-order valence-corrected chi connectivity index (χ1v) is 10.8. The molecule has 1 saturated heterocycles. The van der Waals surface area contributed by atoms with Gasteiger partial charge >= 0.3 is 6.09 Å². The molecule has 2 aromatic rings. The third kappa shape index (κ3) is 6.29. The molecule has 3 heterocycles. The van der Waals surface area contributed by atoms with Crippen molar-refractivity contribution < 1.29 is 9.53 Å². The Labute approximate surface area is 179 Å². The maximum atomic E-state index is 12.0. The van der Waals surface area contributed by atoms with Crippen molar-refractivity contribution in [1.82, 2.24) is 19.4 Å². The number of carbonyl (C=O) groups excluding carboxylic acids is 1. The normalized spacial score (nSPS) is 17.7. The zero-order valence-electron chi connectivity index (χ0n) is 19.2. The van der Waals surface area contributed by atoms with Crippen LogP contribution in [0.1, 0.15) is 56.3 Å². The zero-order chi connectivity index (χ0) is 21.9. The van der Waals surface area contributed by atoms with Crippen LogP contribution in [0.4, 0.5) is 10.7 Å². The number of aromatic nitrogens is 3. The number of hydrogen-bond donors (Lipinski definition) is 1. The van der Waals surface area contributed by atoms with E-state index < -0.39 is 11.7 Å². The third-order valence-corrected chi connectivity index (χ3v) is 5.35. The van der Waals surface area contributed by atoms with E-state index in [9.17, 15) is 4.79 Å². The summed E-state index contributed by atoms with van der Waals surface area (Å²) in [5.74, 6) is 1.16. The van der Waals surface area contributed by atoms with E-state index in [4.69, 9.17) is 4.74 Å². The summed E-state index contributed by atoms with van der Waals surface area (Å²) < 4.78 is 7.26. The summed E-state index contributed by atoms with van der Waals surface area (Å²) in [6.45, 7) is 12.6. The highest BCUT2D eigenvalue weighted by Crippen LogP contribution is 2.23. The largest absolute Gasteiger partial charge is 0.444 e. The fourth-order valence-corrected chi connectivity index (χ4v) is 4.17. The van der Waals surface area contributed by atoms with Crippen molar-refractivity contribution in [3.8, 4) is 0 Å². The van der Waals surface area contributed by atoms with Crippen LogP contribution in [0.15, 0.2) is 18.3 Å². The van der Waals surface area contributed by atoms with E-state index >= 15 is 0 Å². The van der Waals surface area contributed by atoms with E-state index in [1.165, 1.54) is 18.4 Å². The van der Waals surface area contributed by atoms with E-state index in [1.54, 1.807) is 0 Å². The molecule has 0 aromatic carbocycles. The number of anilines is 1. The fourth-order valence-electron chi connectivity index (χ4n) is 4.17. The summed E-state index contributed by atoms with van der Waals surface area (Å²) in [6.07, 6.45) is 4.91. The Kier molecular flexibility index (Phi) is 6.81. The number of likely N-dealkylation sites (tertiary alicyclic amines) is 1. The van der Waals surface area contributed by atoms with Gasteiger partial charge in [-0.25, -0.2) is 9.78 Å². The molecule has 3 rings (SSSR count). The number of nitrogens with one attached hydrogen (secondary N) is 1. The predicted octanol–water partition coefficient (Wildman–Crippen LogP) is 4.23. The number of pyridine rings is 1. The highest BCUT2D eigenvalue weighted by molar-refractivity contribution is 5.82. The van der Waals surface area contributed by atoms with Gasteiger partial charge in [0.1, 0.15) is 5.60 Å². The number of rotatable bonds is 5. The summed E-state index contributed by atoms with van der Waals surface area (Å²) in [6, 6.07) is 4.42. The smallest absolute Gasteiger partial charge is 0.414 e. The maximum Gasteiger partial charge on any atom is 0.414 e. The van der Waals surface area contributed by atoms with Gasteiger partial charge in [0.05, 0.1) is 11.9 Å². The molecule has 1 unspecified atom stereocenters. The molecule has 0 spiro atoms. The second-order valence-corrected chi connectivity index (χ2v) is 9.46. The van der Waals surface area contributed by atoms with Gasteiger partial charge in [-0.3, -0.25) is 15.2 Å². The molecule has 0 bridgehead atoms. The average molecular weight is 414 g/mol. The summed E-state index contributed by atoms with van der Waals surface area (Å²) in [4.78, 5) is 23.4. The molecule has 1 atom stereocenters. The minimum Gasteiger partial charge on any atom is -0.444 e. The second kappa shape index (κ2) is 9.16. The van der Waals surface area contributed by atoms with Gasteiger partial charge in [-0.1, -0.05) is 0 Å². The van der Waals surface area contributed by atoms with Gasteiger partial charge in [0.25, 0.3) is 0 Å². The number of aryl methyl sites for hydroxylation is 2. The molecule has 7 heteroatoms. The molecule has 0 saturated carbocycles. The highest BCUT2D eigenvalue weighted by atomic mass is 16.6. The van der Waals surface area contributed by atoms with Crippen molar-refractivity contribution in [3.05, 3.63) is 41.0 Å². The molecule has 1 aliphatic heterocycles. The number of piperidine rings is 1. The first kappa shape index (κ1) is 22.3. The van der Waals surface area contributed by atoms with Crippen LogP contribution in [0, 0.1) is 19.8 Å². The number of hydrogen-bond acceptors (Lipinski definition) is 5. The van der Waals surface area contributed by atoms with Gasteiger partial charge < -0.3 is 9.30 Å². The molecule has 0 radical (unpaired) electrons. The first-order valence-electron chi connectivity index (χ1n) is 10.8. The molecule has 0 aliphatic carbocycles. The summed E-state index contributed by atoms with van der Waals surface area (Å²) >= 11 is 0. The topological polar surface area (TPSA) is 72.3 Å². The molecular formula is C23H35N5O2. The zero-order valence-corrected chi connectivity index (χ0v) is 19.2. The van der Waals surface area contributed by atoms with Crippen LogP contribution < -0.4 is 5.32 Å². The van der Waals surface area contributed by atoms with Gasteiger partial charge in [-0.2, -0.15) is 0 Å². The van der Waals surface area contributed by atoms with E-state index in [-0.39, 0.29) is 0 Å². The lowest BCUT2D eigenvalue weighted by atomic mass is 9.91. The van der Waals surface area contributed by atoms with Gasteiger partial charge in [0.15, 0.2) is 0 Å². The number of ether oxygens (including phenoxy) is 1. The molecule has 1 N–H and O–H groups in total. The van der Waals surface area contributed by atoms with Crippen LogP contribution in [-0.4, -0.2) is 44.2 Å². The van der Waals surface area contributed by atoms with Crippen LogP contribution in [0.25, 0.3) is 0 Å². The van der Waals surface area contributed by atoms with Crippen LogP contribution in [0.2, 0.25) is 0 Å². The minimum absolute atomic E-state index is 0.483. The molecule has 1 fully saturated rings. The molecule has 7 nitrogen and oxygen atoms in total. The van der Waals surface area contributed by atoms with E-state index in [1.807, 2.05) is 38.6 Å². The van der Waals surface area contributed by atoms with Crippen LogP contribution in [0.5, 0.6) is 0 Å². The Balaban J connectivity index is 1.58. The molecule has 30 heavy (non-hydrogen) atoms. The molecular weight excluding hydrogens is 378 g/mol. The van der Waals surface area contributed by atoms with Crippen molar-refractivity contribution in [2.24, 2.45) is 13.0 Å². The highest BCUT2D eigenvalue weighted by Gasteiger charge is 2.23. The lowest BCUT2D eigenvalue weighted by Crippen LogP contribution is -2.36. The van der Waals surface area contributed by atoms with Gasteiger partial charge in [0, 0.05) is 31.5 Å². The summed E-state index contributed by atoms with van der Waals surface area (Å²) in [7, 11) is 1.93. The van der Waals surface area contributed by atoms with Crippen LogP contribution in [-0.2, 0) is 24.8 Å². The monoisotopic (exact) mass is 413 g/mol. The van der Waals surface area contributed by atoms with Gasteiger partial charge in [-0.05, 0) is 84.0 Å². The third-order valence-electron chi connectivity index (χ3n) is 5.35. The minimum atomic E-state index is -0.535. The van der Waals surface area contributed by atoms with Gasteiger partial charge in [-0.15, -0.1) is 0 Å². The lowest BCUT2D eigenvalue weighted by molar-refractivity contribution is 0.0634. The van der Waals surface area contributed by atoms with Crippen molar-refractivity contribution >= 4 is 12.0 Å². The second-order valence-electron chi connectivity index (χ2n) is 9.46. The Morgan fingerprint density at radius 2 is 1.97 bits per heavy atom. The van der Waals surface area contributed by atoms with Crippen molar-refractivity contribution in [3.63, 3.8) is 0 Å².